The van der Waals surface area contributed by atoms with Gasteiger partial charge < -0.3 is 19.4 Å². The Balaban J connectivity index is 2.04. The summed E-state index contributed by atoms with van der Waals surface area (Å²) in [7, 11) is 1.28. The van der Waals surface area contributed by atoms with Crippen LogP contribution in [0, 0.1) is 0 Å². The number of carbonyl (C=O) groups excluding carboxylic acids is 1. The first-order chi connectivity index (χ1) is 15.0. The quantitative estimate of drug-likeness (QED) is 0.463. The summed E-state index contributed by atoms with van der Waals surface area (Å²) in [6.45, 7) is 0. The molecule has 4 aromatic rings. The molecule has 0 amide bonds. The minimum absolute atomic E-state index is 0.0293. The predicted octanol–water partition coefficient (Wildman–Crippen LogP) is 4.57. The molecule has 0 aliphatic rings. The highest BCUT2D eigenvalue weighted by molar-refractivity contribution is 5.90. The van der Waals surface area contributed by atoms with E-state index < -0.39 is 23.1 Å². The van der Waals surface area contributed by atoms with Crippen molar-refractivity contribution in [2.24, 2.45) is 0 Å². The first-order valence-electron chi connectivity index (χ1n) is 9.69. The van der Waals surface area contributed by atoms with Crippen molar-refractivity contribution in [1.82, 2.24) is 0 Å². The average Bonchev–Trinajstić information content (AvgIpc) is 2.78. The molecule has 0 saturated heterocycles. The van der Waals surface area contributed by atoms with Crippen LogP contribution in [0.15, 0.2) is 82.0 Å². The Morgan fingerprint density at radius 1 is 0.968 bits per heavy atom. The summed E-state index contributed by atoms with van der Waals surface area (Å²) in [5.74, 6) is -1.54. The number of rotatable bonds is 5. The number of phenols is 2. The fourth-order valence-electron chi connectivity index (χ4n) is 3.72. The highest BCUT2D eigenvalue weighted by Crippen LogP contribution is 2.42. The van der Waals surface area contributed by atoms with Gasteiger partial charge in [0.05, 0.1) is 13.5 Å². The van der Waals surface area contributed by atoms with E-state index in [1.165, 1.54) is 13.2 Å². The van der Waals surface area contributed by atoms with E-state index in [1.54, 1.807) is 12.1 Å². The van der Waals surface area contributed by atoms with Crippen LogP contribution in [0.25, 0.3) is 22.3 Å². The molecule has 6 nitrogen and oxygen atoms in total. The van der Waals surface area contributed by atoms with Gasteiger partial charge >= 0.3 is 5.97 Å². The van der Waals surface area contributed by atoms with Gasteiger partial charge in [-0.25, -0.2) is 0 Å². The number of fused-ring (bicyclic) bond motifs is 1. The maximum Gasteiger partial charge on any atom is 0.306 e. The number of ether oxygens (including phenoxy) is 1. The number of hydrogen-bond donors (Lipinski definition) is 2. The summed E-state index contributed by atoms with van der Waals surface area (Å²) in [4.78, 5) is 25.1. The number of carbonyl (C=O) groups is 1. The largest absolute Gasteiger partial charge is 0.507 e. The van der Waals surface area contributed by atoms with Crippen LogP contribution in [0.2, 0.25) is 0 Å². The summed E-state index contributed by atoms with van der Waals surface area (Å²) >= 11 is 0. The van der Waals surface area contributed by atoms with Crippen molar-refractivity contribution in [3.63, 3.8) is 0 Å². The van der Waals surface area contributed by atoms with Gasteiger partial charge in [0.15, 0.2) is 5.43 Å². The van der Waals surface area contributed by atoms with Crippen LogP contribution >= 0.6 is 0 Å². The first kappa shape index (κ1) is 20.2. The zero-order valence-electron chi connectivity index (χ0n) is 16.7. The molecular formula is C25H20O6. The first-order valence-corrected chi connectivity index (χ1v) is 9.69. The minimum Gasteiger partial charge on any atom is -0.507 e. The van der Waals surface area contributed by atoms with Crippen molar-refractivity contribution in [3.05, 3.63) is 94.1 Å². The van der Waals surface area contributed by atoms with Crippen LogP contribution in [0.5, 0.6) is 11.5 Å². The molecule has 2 N–H and O–H groups in total. The fourth-order valence-corrected chi connectivity index (χ4v) is 3.72. The molecule has 0 aliphatic carbocycles. The second kappa shape index (κ2) is 8.36. The molecule has 1 heterocycles. The fraction of sp³-hybridized carbons (Fsp3) is 0.120. The molecule has 0 radical (unpaired) electrons. The number of hydrogen-bond acceptors (Lipinski definition) is 6. The number of phenolic OH excluding ortho intramolecular Hbond substituents is 2. The maximum absolute atomic E-state index is 12.9. The Morgan fingerprint density at radius 2 is 1.61 bits per heavy atom. The molecule has 156 valence electrons. The molecule has 0 saturated carbocycles. The molecule has 0 unspecified atom stereocenters. The lowest BCUT2D eigenvalue weighted by atomic mass is 9.86. The maximum atomic E-state index is 12.9. The number of esters is 1. The van der Waals surface area contributed by atoms with Gasteiger partial charge in [-0.05, 0) is 5.56 Å². The normalized spacial score (nSPS) is 11.9. The van der Waals surface area contributed by atoms with Gasteiger partial charge in [0.25, 0.3) is 0 Å². The van der Waals surface area contributed by atoms with Crippen LogP contribution in [0.4, 0.5) is 0 Å². The van der Waals surface area contributed by atoms with E-state index >= 15 is 0 Å². The molecule has 6 heteroatoms. The van der Waals surface area contributed by atoms with Gasteiger partial charge in [-0.3, -0.25) is 9.59 Å². The molecule has 4 rings (SSSR count). The molecule has 0 spiro atoms. The topological polar surface area (TPSA) is 97.0 Å². The van der Waals surface area contributed by atoms with Crippen LogP contribution in [0.1, 0.15) is 23.5 Å². The predicted molar refractivity (Wildman–Crippen MR) is 116 cm³/mol. The third-order valence-electron chi connectivity index (χ3n) is 5.20. The lowest BCUT2D eigenvalue weighted by molar-refractivity contribution is -0.140. The number of methoxy groups -OCH3 is 1. The Labute approximate surface area is 178 Å². The van der Waals surface area contributed by atoms with Gasteiger partial charge in [-0.15, -0.1) is 0 Å². The van der Waals surface area contributed by atoms with Crippen molar-refractivity contribution in [2.75, 3.05) is 7.11 Å². The van der Waals surface area contributed by atoms with E-state index in [-0.39, 0.29) is 34.5 Å². The summed E-state index contributed by atoms with van der Waals surface area (Å²) in [6.07, 6.45) is -0.0901. The highest BCUT2D eigenvalue weighted by atomic mass is 16.5. The summed E-state index contributed by atoms with van der Waals surface area (Å²) < 4.78 is 10.9. The Hall–Kier alpha value is -4.06. The molecule has 3 aromatic carbocycles. The molecule has 0 aliphatic heterocycles. The van der Waals surface area contributed by atoms with Gasteiger partial charge in [0.1, 0.15) is 28.2 Å². The van der Waals surface area contributed by atoms with Crippen molar-refractivity contribution in [3.8, 4) is 22.8 Å². The van der Waals surface area contributed by atoms with Gasteiger partial charge in [0, 0.05) is 29.2 Å². The summed E-state index contributed by atoms with van der Waals surface area (Å²) in [5.41, 5.74) is 1.20. The van der Waals surface area contributed by atoms with E-state index in [0.29, 0.717) is 5.56 Å². The summed E-state index contributed by atoms with van der Waals surface area (Å²) in [6, 6.07) is 20.5. The van der Waals surface area contributed by atoms with E-state index in [9.17, 15) is 19.8 Å². The van der Waals surface area contributed by atoms with Crippen LogP contribution in [-0.4, -0.2) is 23.3 Å². The SMILES string of the molecule is COC(=O)C[C@H](c1ccccc1)c1c(O)cc(O)c2c(=O)cc(-c3ccccc3)oc12. The summed E-state index contributed by atoms with van der Waals surface area (Å²) in [5, 5.41) is 21.1. The second-order valence-corrected chi connectivity index (χ2v) is 7.12. The molecule has 0 fully saturated rings. The van der Waals surface area contributed by atoms with E-state index in [1.807, 2.05) is 48.5 Å². The zero-order chi connectivity index (χ0) is 22.0. The van der Waals surface area contributed by atoms with E-state index in [2.05, 4.69) is 0 Å². The average molecular weight is 416 g/mol. The minimum atomic E-state index is -0.661. The Bertz CT molecular complexity index is 1290. The smallest absolute Gasteiger partial charge is 0.306 e. The van der Waals surface area contributed by atoms with Crippen molar-refractivity contribution in [2.45, 2.75) is 12.3 Å². The number of aromatic hydroxyl groups is 2. The van der Waals surface area contributed by atoms with Crippen LogP contribution in [-0.2, 0) is 9.53 Å². The molecule has 31 heavy (non-hydrogen) atoms. The van der Waals surface area contributed by atoms with Crippen molar-refractivity contribution >= 4 is 16.9 Å². The Morgan fingerprint density at radius 3 is 2.26 bits per heavy atom. The molecule has 0 bridgehead atoms. The van der Waals surface area contributed by atoms with Crippen LogP contribution in [0.3, 0.4) is 0 Å². The van der Waals surface area contributed by atoms with E-state index in [4.69, 9.17) is 9.15 Å². The number of benzene rings is 3. The zero-order valence-corrected chi connectivity index (χ0v) is 16.7. The van der Waals surface area contributed by atoms with Crippen molar-refractivity contribution in [1.29, 1.82) is 0 Å². The Kier molecular flexibility index (Phi) is 5.45. The van der Waals surface area contributed by atoms with Crippen molar-refractivity contribution < 1.29 is 24.2 Å². The van der Waals surface area contributed by atoms with Gasteiger partial charge in [-0.1, -0.05) is 60.7 Å². The monoisotopic (exact) mass is 416 g/mol. The highest BCUT2D eigenvalue weighted by Gasteiger charge is 2.28. The van der Waals surface area contributed by atoms with Gasteiger partial charge in [0.2, 0.25) is 0 Å². The van der Waals surface area contributed by atoms with Gasteiger partial charge in [-0.2, -0.15) is 0 Å². The molecule has 1 atom stereocenters. The molecular weight excluding hydrogens is 396 g/mol. The lowest BCUT2D eigenvalue weighted by Crippen LogP contribution is -2.12. The van der Waals surface area contributed by atoms with E-state index in [0.717, 1.165) is 11.6 Å². The molecule has 1 aromatic heterocycles. The third-order valence-corrected chi connectivity index (χ3v) is 5.20. The lowest BCUT2D eigenvalue weighted by Gasteiger charge is -2.20. The second-order valence-electron chi connectivity index (χ2n) is 7.12. The van der Waals surface area contributed by atoms with Crippen LogP contribution < -0.4 is 5.43 Å². The standard InChI is InChI=1S/C25H20O6/c1-30-22(29)12-17(15-8-4-2-5-9-15)23-18(26)13-19(27)24-20(28)14-21(31-25(23)24)16-10-6-3-7-11-16/h2-11,13-14,17,26-27H,12H2,1H3/t17-/m1/s1. The third kappa shape index (κ3) is 3.88.